The van der Waals surface area contributed by atoms with Crippen LogP contribution in [0.4, 0.5) is 0 Å². The smallest absolute Gasteiger partial charge is 0.335 e. The minimum Gasteiger partial charge on any atom is -0.478 e. The second-order valence-electron chi connectivity index (χ2n) is 5.72. The molecular formula is C18H14N2O5S. The third-order valence-electron chi connectivity index (χ3n) is 3.97. The summed E-state index contributed by atoms with van der Waals surface area (Å²) < 4.78 is 5.69. The number of carboxylic acids is 1. The standard InChI is InChI=1S/C18H14N2O5S/c1-9-3-4-10(17(23)24)7-12(9)14-6-5-11(25-14)8-13-15(21)19-18(26)20(2)16(13)22/h3-8H,1-2H3,(H,23,24)(H,19,21,26)/b13-8+. The first-order chi connectivity index (χ1) is 12.3. The number of rotatable bonds is 3. The van der Waals surface area contributed by atoms with Gasteiger partial charge in [0.15, 0.2) is 5.11 Å². The van der Waals surface area contributed by atoms with Crippen molar-refractivity contribution in [2.75, 3.05) is 7.05 Å². The van der Waals surface area contributed by atoms with Crippen molar-refractivity contribution in [2.45, 2.75) is 6.92 Å². The van der Waals surface area contributed by atoms with Gasteiger partial charge in [-0.05, 0) is 55.0 Å². The lowest BCUT2D eigenvalue weighted by molar-refractivity contribution is -0.128. The van der Waals surface area contributed by atoms with E-state index in [-0.39, 0.29) is 16.2 Å². The van der Waals surface area contributed by atoms with Crippen molar-refractivity contribution in [3.63, 3.8) is 0 Å². The Kier molecular flexibility index (Phi) is 4.43. The summed E-state index contributed by atoms with van der Waals surface area (Å²) in [4.78, 5) is 36.5. The summed E-state index contributed by atoms with van der Waals surface area (Å²) >= 11 is 4.89. The van der Waals surface area contributed by atoms with Crippen LogP contribution in [0.15, 0.2) is 40.3 Å². The number of hydrogen-bond acceptors (Lipinski definition) is 5. The predicted molar refractivity (Wildman–Crippen MR) is 97.3 cm³/mol. The number of thiocarbonyl (C=S) groups is 1. The number of carbonyl (C=O) groups excluding carboxylic acids is 2. The fraction of sp³-hybridized carbons (Fsp3) is 0.111. The van der Waals surface area contributed by atoms with Crippen LogP contribution in [0.1, 0.15) is 21.7 Å². The summed E-state index contributed by atoms with van der Waals surface area (Å²) in [5.41, 5.74) is 1.49. The van der Waals surface area contributed by atoms with E-state index in [1.165, 1.54) is 25.3 Å². The largest absolute Gasteiger partial charge is 0.478 e. The van der Waals surface area contributed by atoms with Gasteiger partial charge < -0.3 is 9.52 Å². The minimum absolute atomic E-state index is 0.0402. The van der Waals surface area contributed by atoms with Crippen molar-refractivity contribution < 1.29 is 23.9 Å². The zero-order chi connectivity index (χ0) is 19.0. The van der Waals surface area contributed by atoms with Crippen molar-refractivity contribution in [3.05, 3.63) is 52.8 Å². The van der Waals surface area contributed by atoms with E-state index in [9.17, 15) is 14.4 Å². The van der Waals surface area contributed by atoms with E-state index in [1.54, 1.807) is 18.2 Å². The molecule has 1 saturated heterocycles. The van der Waals surface area contributed by atoms with E-state index < -0.39 is 17.8 Å². The highest BCUT2D eigenvalue weighted by molar-refractivity contribution is 7.80. The second-order valence-corrected chi connectivity index (χ2v) is 6.11. The molecule has 1 fully saturated rings. The normalized spacial score (nSPS) is 16.2. The maximum Gasteiger partial charge on any atom is 0.335 e. The number of amides is 2. The van der Waals surface area contributed by atoms with E-state index >= 15 is 0 Å². The maximum atomic E-state index is 12.2. The van der Waals surface area contributed by atoms with Gasteiger partial charge in [-0.25, -0.2) is 4.79 Å². The van der Waals surface area contributed by atoms with E-state index in [0.29, 0.717) is 17.1 Å². The van der Waals surface area contributed by atoms with Gasteiger partial charge in [-0.1, -0.05) is 6.07 Å². The van der Waals surface area contributed by atoms with Crippen LogP contribution in [0.25, 0.3) is 17.4 Å². The summed E-state index contributed by atoms with van der Waals surface area (Å²) in [7, 11) is 1.46. The highest BCUT2D eigenvalue weighted by atomic mass is 32.1. The summed E-state index contributed by atoms with van der Waals surface area (Å²) in [5.74, 6) is -1.44. The number of hydrogen-bond donors (Lipinski definition) is 2. The number of nitrogens with one attached hydrogen (secondary N) is 1. The van der Waals surface area contributed by atoms with Gasteiger partial charge in [0.25, 0.3) is 11.8 Å². The number of aryl methyl sites for hydroxylation is 1. The third kappa shape index (κ3) is 3.14. The fourth-order valence-electron chi connectivity index (χ4n) is 2.48. The van der Waals surface area contributed by atoms with E-state index in [1.807, 2.05) is 6.92 Å². The Morgan fingerprint density at radius 3 is 2.69 bits per heavy atom. The molecule has 2 amide bonds. The molecule has 1 aliphatic heterocycles. The molecule has 2 aromatic rings. The summed E-state index contributed by atoms with van der Waals surface area (Å²) in [6.07, 6.45) is 1.33. The lowest BCUT2D eigenvalue weighted by Gasteiger charge is -2.24. The van der Waals surface area contributed by atoms with Gasteiger partial charge in [-0.15, -0.1) is 0 Å². The molecule has 1 aliphatic rings. The molecule has 0 radical (unpaired) electrons. The van der Waals surface area contributed by atoms with Crippen LogP contribution < -0.4 is 5.32 Å². The van der Waals surface area contributed by atoms with Gasteiger partial charge in [-0.2, -0.15) is 0 Å². The molecule has 2 N–H and O–H groups in total. The molecule has 0 saturated carbocycles. The third-order valence-corrected chi connectivity index (χ3v) is 4.34. The average molecular weight is 370 g/mol. The van der Waals surface area contributed by atoms with Gasteiger partial charge in [0.2, 0.25) is 0 Å². The van der Waals surface area contributed by atoms with Gasteiger partial charge in [0, 0.05) is 12.6 Å². The molecule has 0 atom stereocenters. The Labute approximate surface area is 153 Å². The number of furan rings is 1. The Morgan fingerprint density at radius 1 is 1.27 bits per heavy atom. The number of likely N-dealkylation sites (N-methyl/N-ethyl adjacent to an activating group) is 1. The molecule has 0 unspecified atom stereocenters. The molecule has 2 heterocycles. The first-order valence-corrected chi connectivity index (χ1v) is 7.98. The number of carbonyl (C=O) groups is 3. The van der Waals surface area contributed by atoms with Crippen LogP contribution in [0.2, 0.25) is 0 Å². The quantitative estimate of drug-likeness (QED) is 0.488. The number of aromatic carboxylic acids is 1. The van der Waals surface area contributed by atoms with Crippen molar-refractivity contribution in [3.8, 4) is 11.3 Å². The van der Waals surface area contributed by atoms with Gasteiger partial charge in [0.05, 0.1) is 5.56 Å². The molecule has 3 rings (SSSR count). The molecule has 0 spiro atoms. The molecule has 8 heteroatoms. The van der Waals surface area contributed by atoms with Crippen molar-refractivity contribution in [2.24, 2.45) is 0 Å². The Morgan fingerprint density at radius 2 is 2.00 bits per heavy atom. The average Bonchev–Trinajstić information content (AvgIpc) is 3.05. The summed E-state index contributed by atoms with van der Waals surface area (Å²) in [6.45, 7) is 1.83. The second kappa shape index (κ2) is 6.57. The summed E-state index contributed by atoms with van der Waals surface area (Å²) in [6, 6.07) is 7.96. The SMILES string of the molecule is Cc1ccc(C(=O)O)cc1-c1ccc(/C=C2\C(=O)NC(=S)N(C)C2=O)o1. The highest BCUT2D eigenvalue weighted by Gasteiger charge is 2.31. The number of nitrogens with zero attached hydrogens (tertiary/aromatic N) is 1. The Balaban J connectivity index is 1.97. The van der Waals surface area contributed by atoms with Crippen molar-refractivity contribution in [1.29, 1.82) is 0 Å². The highest BCUT2D eigenvalue weighted by Crippen LogP contribution is 2.28. The van der Waals surface area contributed by atoms with Crippen LogP contribution >= 0.6 is 12.2 Å². The van der Waals surface area contributed by atoms with Crippen LogP contribution in [0.3, 0.4) is 0 Å². The van der Waals surface area contributed by atoms with Crippen molar-refractivity contribution in [1.82, 2.24) is 10.2 Å². The minimum atomic E-state index is -1.04. The molecule has 1 aromatic carbocycles. The van der Waals surface area contributed by atoms with Crippen LogP contribution in [-0.4, -0.2) is 40.0 Å². The zero-order valence-corrected chi connectivity index (χ0v) is 14.7. The first kappa shape index (κ1) is 17.6. The lowest BCUT2D eigenvalue weighted by atomic mass is 10.0. The predicted octanol–water partition coefficient (Wildman–Crippen LogP) is 2.21. The number of benzene rings is 1. The van der Waals surface area contributed by atoms with Gasteiger partial charge in [-0.3, -0.25) is 19.8 Å². The van der Waals surface area contributed by atoms with E-state index in [0.717, 1.165) is 10.5 Å². The van der Waals surface area contributed by atoms with Gasteiger partial charge >= 0.3 is 5.97 Å². The maximum absolute atomic E-state index is 12.2. The summed E-state index contributed by atoms with van der Waals surface area (Å²) in [5, 5.41) is 11.6. The van der Waals surface area contributed by atoms with Gasteiger partial charge in [0.1, 0.15) is 17.1 Å². The molecule has 7 nitrogen and oxygen atoms in total. The van der Waals surface area contributed by atoms with Crippen LogP contribution in [-0.2, 0) is 9.59 Å². The van der Waals surface area contributed by atoms with Crippen LogP contribution in [0.5, 0.6) is 0 Å². The monoisotopic (exact) mass is 370 g/mol. The van der Waals surface area contributed by atoms with E-state index in [4.69, 9.17) is 21.7 Å². The molecular weight excluding hydrogens is 356 g/mol. The Bertz CT molecular complexity index is 989. The number of carboxylic acid groups (broad SMARTS) is 1. The van der Waals surface area contributed by atoms with Crippen molar-refractivity contribution >= 4 is 41.2 Å². The molecule has 1 aromatic heterocycles. The molecule has 26 heavy (non-hydrogen) atoms. The van der Waals surface area contributed by atoms with E-state index in [2.05, 4.69) is 5.32 Å². The molecule has 0 aliphatic carbocycles. The molecule has 132 valence electrons. The topological polar surface area (TPSA) is 99.8 Å². The first-order valence-electron chi connectivity index (χ1n) is 7.57. The van der Waals surface area contributed by atoms with Crippen LogP contribution in [0, 0.1) is 6.92 Å². The fourth-order valence-corrected chi connectivity index (χ4v) is 2.66. The lowest BCUT2D eigenvalue weighted by Crippen LogP contribution is -2.52. The molecule has 0 bridgehead atoms. The zero-order valence-electron chi connectivity index (χ0n) is 13.9. The Hall–Kier alpha value is -3.26.